The normalized spacial score (nSPS) is 9.57. The molecule has 3 nitrogen and oxygen atoms in total. The van der Waals surface area contributed by atoms with E-state index in [1.165, 1.54) is 12.7 Å². The fraction of sp³-hybridized carbons (Fsp3) is 0.364. The Kier molecular flexibility index (Phi) is 3.98. The molecule has 1 rings (SSSR count). The number of carbonyl (C=O) groups excluding carboxylic acids is 1. The summed E-state index contributed by atoms with van der Waals surface area (Å²) in [4.78, 5) is 10.6. The molecule has 0 amide bonds. The van der Waals surface area contributed by atoms with E-state index in [2.05, 4.69) is 4.74 Å². The molecule has 0 unspecified atom stereocenters. The van der Waals surface area contributed by atoms with Gasteiger partial charge < -0.3 is 9.47 Å². The Morgan fingerprint density at radius 1 is 1.29 bits per heavy atom. The number of hydrogen-bond donors (Lipinski definition) is 0. The number of hydrogen-bond acceptors (Lipinski definition) is 3. The SMILES string of the molecule is COC(=O)OCCc1ccc(C)cc1. The van der Waals surface area contributed by atoms with Crippen molar-refractivity contribution in [1.82, 2.24) is 0 Å². The van der Waals surface area contributed by atoms with Crippen LogP contribution in [0.1, 0.15) is 11.1 Å². The van der Waals surface area contributed by atoms with E-state index >= 15 is 0 Å². The molecule has 0 saturated carbocycles. The quantitative estimate of drug-likeness (QED) is 0.693. The molecule has 76 valence electrons. The fourth-order valence-corrected chi connectivity index (χ4v) is 1.07. The van der Waals surface area contributed by atoms with Gasteiger partial charge in [-0.3, -0.25) is 0 Å². The molecule has 0 aliphatic heterocycles. The summed E-state index contributed by atoms with van der Waals surface area (Å²) in [6.07, 6.45) is 0.0900. The molecule has 0 saturated heterocycles. The molecule has 0 aliphatic rings. The average molecular weight is 194 g/mol. The van der Waals surface area contributed by atoms with Gasteiger partial charge in [0.05, 0.1) is 13.7 Å². The molecule has 3 heteroatoms. The molecule has 14 heavy (non-hydrogen) atoms. The molecular formula is C11H14O3. The zero-order valence-electron chi connectivity index (χ0n) is 8.45. The average Bonchev–Trinajstić information content (AvgIpc) is 2.21. The van der Waals surface area contributed by atoms with Crippen LogP contribution < -0.4 is 0 Å². The van der Waals surface area contributed by atoms with E-state index in [0.29, 0.717) is 6.61 Å². The highest BCUT2D eigenvalue weighted by Crippen LogP contribution is 2.03. The summed E-state index contributed by atoms with van der Waals surface area (Å²) >= 11 is 0. The zero-order chi connectivity index (χ0) is 10.4. The monoisotopic (exact) mass is 194 g/mol. The van der Waals surface area contributed by atoms with Crippen LogP contribution in [0.25, 0.3) is 0 Å². The highest BCUT2D eigenvalue weighted by Gasteiger charge is 1.99. The molecule has 0 fully saturated rings. The second-order valence-corrected chi connectivity index (χ2v) is 3.04. The van der Waals surface area contributed by atoms with Crippen LogP contribution >= 0.6 is 0 Å². The summed E-state index contributed by atoms with van der Waals surface area (Å²) < 4.78 is 9.11. The van der Waals surface area contributed by atoms with Gasteiger partial charge in [0.15, 0.2) is 0 Å². The highest BCUT2D eigenvalue weighted by atomic mass is 16.7. The minimum absolute atomic E-state index is 0.357. The lowest BCUT2D eigenvalue weighted by Crippen LogP contribution is -2.07. The van der Waals surface area contributed by atoms with Gasteiger partial charge in [0.25, 0.3) is 0 Å². The molecule has 0 atom stereocenters. The highest BCUT2D eigenvalue weighted by molar-refractivity contribution is 5.59. The summed E-state index contributed by atoms with van der Waals surface area (Å²) in [6, 6.07) is 8.12. The van der Waals surface area contributed by atoms with Crippen molar-refractivity contribution in [3.63, 3.8) is 0 Å². The summed E-state index contributed by atoms with van der Waals surface area (Å²) in [5, 5.41) is 0. The second kappa shape index (κ2) is 5.27. The predicted molar refractivity (Wildman–Crippen MR) is 53.2 cm³/mol. The van der Waals surface area contributed by atoms with Gasteiger partial charge in [0.2, 0.25) is 0 Å². The van der Waals surface area contributed by atoms with Gasteiger partial charge in [0.1, 0.15) is 0 Å². The van der Waals surface area contributed by atoms with E-state index in [1.807, 2.05) is 31.2 Å². The maximum Gasteiger partial charge on any atom is 0.507 e. The fourth-order valence-electron chi connectivity index (χ4n) is 1.07. The largest absolute Gasteiger partial charge is 0.507 e. The Labute approximate surface area is 83.6 Å². The van der Waals surface area contributed by atoms with E-state index in [-0.39, 0.29) is 0 Å². The van der Waals surface area contributed by atoms with Crippen LogP contribution in [0.2, 0.25) is 0 Å². The Morgan fingerprint density at radius 2 is 1.93 bits per heavy atom. The summed E-state index contributed by atoms with van der Waals surface area (Å²) in [5.41, 5.74) is 2.38. The van der Waals surface area contributed by atoms with Crippen LogP contribution in [0.5, 0.6) is 0 Å². The number of carbonyl (C=O) groups is 1. The van der Waals surface area contributed by atoms with Crippen molar-refractivity contribution >= 4 is 6.16 Å². The van der Waals surface area contributed by atoms with E-state index < -0.39 is 6.16 Å². The van der Waals surface area contributed by atoms with Crippen LogP contribution in [0.4, 0.5) is 4.79 Å². The zero-order valence-corrected chi connectivity index (χ0v) is 8.45. The lowest BCUT2D eigenvalue weighted by molar-refractivity contribution is 0.0737. The smallest absolute Gasteiger partial charge is 0.438 e. The third kappa shape index (κ3) is 3.47. The van der Waals surface area contributed by atoms with Crippen LogP contribution in [-0.2, 0) is 15.9 Å². The van der Waals surface area contributed by atoms with E-state index in [0.717, 1.165) is 12.0 Å². The third-order valence-corrected chi connectivity index (χ3v) is 1.90. The molecule has 0 aliphatic carbocycles. The molecule has 0 aromatic heterocycles. The van der Waals surface area contributed by atoms with Gasteiger partial charge in [-0.05, 0) is 12.5 Å². The molecule has 0 N–H and O–H groups in total. The number of methoxy groups -OCH3 is 1. The molecule has 0 radical (unpaired) electrons. The lowest BCUT2D eigenvalue weighted by atomic mass is 10.1. The minimum Gasteiger partial charge on any atom is -0.438 e. The van der Waals surface area contributed by atoms with Crippen molar-refractivity contribution in [3.05, 3.63) is 35.4 Å². The first kappa shape index (κ1) is 10.6. The Hall–Kier alpha value is -1.51. The van der Waals surface area contributed by atoms with Crippen molar-refractivity contribution in [3.8, 4) is 0 Å². The molecule has 1 aromatic rings. The first-order chi connectivity index (χ1) is 6.72. The summed E-state index contributed by atoms with van der Waals surface area (Å²) in [6.45, 7) is 2.39. The molecule has 0 bridgehead atoms. The van der Waals surface area contributed by atoms with Gasteiger partial charge in [-0.2, -0.15) is 0 Å². The van der Waals surface area contributed by atoms with Crippen molar-refractivity contribution in [2.45, 2.75) is 13.3 Å². The van der Waals surface area contributed by atoms with Crippen LogP contribution in [0.3, 0.4) is 0 Å². The Bertz CT molecular complexity index is 290. The molecule has 0 heterocycles. The second-order valence-electron chi connectivity index (χ2n) is 3.04. The topological polar surface area (TPSA) is 35.5 Å². The number of rotatable bonds is 3. The molecule has 1 aromatic carbocycles. The lowest BCUT2D eigenvalue weighted by Gasteiger charge is -2.03. The first-order valence-electron chi connectivity index (χ1n) is 4.48. The van der Waals surface area contributed by atoms with Crippen molar-refractivity contribution in [2.24, 2.45) is 0 Å². The Morgan fingerprint density at radius 3 is 2.50 bits per heavy atom. The van der Waals surface area contributed by atoms with Gasteiger partial charge in [0, 0.05) is 6.42 Å². The first-order valence-corrected chi connectivity index (χ1v) is 4.48. The summed E-state index contributed by atoms with van der Waals surface area (Å²) in [7, 11) is 1.30. The van der Waals surface area contributed by atoms with Crippen LogP contribution in [-0.4, -0.2) is 19.9 Å². The van der Waals surface area contributed by atoms with Crippen molar-refractivity contribution in [1.29, 1.82) is 0 Å². The predicted octanol–water partition coefficient (Wildman–Crippen LogP) is 2.32. The van der Waals surface area contributed by atoms with E-state index in [9.17, 15) is 4.79 Å². The minimum atomic E-state index is -0.628. The summed E-state index contributed by atoms with van der Waals surface area (Å²) in [5.74, 6) is 0. The van der Waals surface area contributed by atoms with Gasteiger partial charge in [-0.15, -0.1) is 0 Å². The van der Waals surface area contributed by atoms with Gasteiger partial charge in [-0.1, -0.05) is 29.8 Å². The maximum absolute atomic E-state index is 10.6. The standard InChI is InChI=1S/C11H14O3/c1-9-3-5-10(6-4-9)7-8-14-11(12)13-2/h3-6H,7-8H2,1-2H3. The van der Waals surface area contributed by atoms with Gasteiger partial charge in [-0.25, -0.2) is 4.79 Å². The number of benzene rings is 1. The van der Waals surface area contributed by atoms with Crippen molar-refractivity contribution in [2.75, 3.05) is 13.7 Å². The maximum atomic E-state index is 10.6. The van der Waals surface area contributed by atoms with E-state index in [4.69, 9.17) is 4.74 Å². The third-order valence-electron chi connectivity index (χ3n) is 1.90. The van der Waals surface area contributed by atoms with E-state index in [1.54, 1.807) is 0 Å². The van der Waals surface area contributed by atoms with Gasteiger partial charge >= 0.3 is 6.16 Å². The molecule has 0 spiro atoms. The number of ether oxygens (including phenoxy) is 2. The number of aryl methyl sites for hydroxylation is 1. The van der Waals surface area contributed by atoms with Crippen LogP contribution in [0.15, 0.2) is 24.3 Å². The van der Waals surface area contributed by atoms with Crippen molar-refractivity contribution < 1.29 is 14.3 Å². The van der Waals surface area contributed by atoms with Crippen LogP contribution in [0, 0.1) is 6.92 Å². The Balaban J connectivity index is 2.31. The molecular weight excluding hydrogens is 180 g/mol.